The number of aromatic nitrogens is 2. The number of nitrogens with one attached hydrogen (secondary N) is 1. The third-order valence-corrected chi connectivity index (χ3v) is 4.70. The van der Waals surface area contributed by atoms with E-state index in [-0.39, 0.29) is 17.8 Å². The second kappa shape index (κ2) is 8.14. The lowest BCUT2D eigenvalue weighted by Gasteiger charge is -2.19. The maximum absolute atomic E-state index is 12.4. The van der Waals surface area contributed by atoms with E-state index >= 15 is 0 Å². The summed E-state index contributed by atoms with van der Waals surface area (Å²) in [4.78, 5) is 18.7. The van der Waals surface area contributed by atoms with E-state index in [2.05, 4.69) is 15.5 Å². The van der Waals surface area contributed by atoms with E-state index in [1.165, 1.54) is 19.3 Å². The van der Waals surface area contributed by atoms with Crippen molar-refractivity contribution in [3.8, 4) is 11.4 Å². The highest BCUT2D eigenvalue weighted by Gasteiger charge is 2.20. The number of amides is 1. The zero-order valence-corrected chi connectivity index (χ0v) is 15.0. The van der Waals surface area contributed by atoms with Gasteiger partial charge in [-0.2, -0.15) is 4.98 Å². The van der Waals surface area contributed by atoms with Crippen LogP contribution in [0.4, 0.5) is 5.69 Å². The minimum atomic E-state index is -0.269. The topological polar surface area (TPSA) is 71.3 Å². The second-order valence-electron chi connectivity index (χ2n) is 6.88. The van der Waals surface area contributed by atoms with Crippen LogP contribution in [0.25, 0.3) is 11.4 Å². The Balaban J connectivity index is 1.64. The second-order valence-corrected chi connectivity index (χ2v) is 6.88. The fourth-order valence-corrected chi connectivity index (χ4v) is 3.19. The van der Waals surface area contributed by atoms with Gasteiger partial charge < -0.3 is 14.7 Å². The van der Waals surface area contributed by atoms with Crippen LogP contribution in [-0.2, 0) is 0 Å². The van der Waals surface area contributed by atoms with Crippen molar-refractivity contribution in [3.63, 3.8) is 0 Å². The average Bonchev–Trinajstić information content (AvgIpc) is 3.07. The highest BCUT2D eigenvalue weighted by atomic mass is 16.5. The van der Waals surface area contributed by atoms with E-state index in [0.717, 1.165) is 36.9 Å². The molecule has 0 unspecified atom stereocenters. The molecule has 3 rings (SSSR count). The van der Waals surface area contributed by atoms with Crippen molar-refractivity contribution in [2.75, 3.05) is 19.0 Å². The first-order valence-corrected chi connectivity index (χ1v) is 9.06. The Morgan fingerprint density at radius 2 is 1.72 bits per heavy atom. The third kappa shape index (κ3) is 4.59. The smallest absolute Gasteiger partial charge is 0.316 e. The quantitative estimate of drug-likeness (QED) is 0.918. The average molecular weight is 342 g/mol. The minimum absolute atomic E-state index is 0.0359. The molecular formula is C19H26N4O2. The van der Waals surface area contributed by atoms with Gasteiger partial charge in [0.25, 0.3) is 0 Å². The van der Waals surface area contributed by atoms with Crippen molar-refractivity contribution >= 4 is 11.6 Å². The standard InChI is InChI=1S/C19H26N4O2/c1-23(2)16-12-10-14(11-13-16)17-21-19(25-22-17)18(24)20-15-8-6-4-3-5-7-9-15/h10-13,15H,3-9H2,1-2H3,(H,20,24). The fourth-order valence-electron chi connectivity index (χ4n) is 3.19. The molecular weight excluding hydrogens is 316 g/mol. The van der Waals surface area contributed by atoms with Crippen LogP contribution in [0, 0.1) is 0 Å². The van der Waals surface area contributed by atoms with Gasteiger partial charge in [-0.3, -0.25) is 4.79 Å². The van der Waals surface area contributed by atoms with Gasteiger partial charge in [0.05, 0.1) is 0 Å². The fraction of sp³-hybridized carbons (Fsp3) is 0.526. The van der Waals surface area contributed by atoms with Crippen LogP contribution in [0.15, 0.2) is 28.8 Å². The van der Waals surface area contributed by atoms with E-state index in [1.54, 1.807) is 0 Å². The molecule has 134 valence electrons. The maximum Gasteiger partial charge on any atom is 0.316 e. The number of hydrogen-bond acceptors (Lipinski definition) is 5. The van der Waals surface area contributed by atoms with Crippen molar-refractivity contribution < 1.29 is 9.32 Å². The molecule has 0 atom stereocenters. The van der Waals surface area contributed by atoms with E-state index in [9.17, 15) is 4.79 Å². The van der Waals surface area contributed by atoms with Crippen molar-refractivity contribution in [2.24, 2.45) is 0 Å². The van der Waals surface area contributed by atoms with Crippen LogP contribution < -0.4 is 10.2 Å². The molecule has 1 aromatic carbocycles. The number of anilines is 1. The monoisotopic (exact) mass is 342 g/mol. The summed E-state index contributed by atoms with van der Waals surface area (Å²) in [5.41, 5.74) is 1.92. The molecule has 0 saturated heterocycles. The normalized spacial score (nSPS) is 16.1. The molecule has 1 aromatic heterocycles. The highest BCUT2D eigenvalue weighted by molar-refractivity contribution is 5.90. The van der Waals surface area contributed by atoms with Crippen LogP contribution in [0.5, 0.6) is 0 Å². The van der Waals surface area contributed by atoms with Crippen molar-refractivity contribution in [1.29, 1.82) is 0 Å². The third-order valence-electron chi connectivity index (χ3n) is 4.70. The van der Waals surface area contributed by atoms with Gasteiger partial charge in [0.15, 0.2) is 0 Å². The summed E-state index contributed by atoms with van der Waals surface area (Å²) in [6.45, 7) is 0. The Bertz CT molecular complexity index is 686. The molecule has 25 heavy (non-hydrogen) atoms. The summed E-state index contributed by atoms with van der Waals surface area (Å²) < 4.78 is 5.17. The lowest BCUT2D eigenvalue weighted by Crippen LogP contribution is -2.35. The molecule has 0 aliphatic heterocycles. The van der Waals surface area contributed by atoms with Gasteiger partial charge in [0.1, 0.15) is 0 Å². The summed E-state index contributed by atoms with van der Waals surface area (Å²) in [5, 5.41) is 7.00. The Morgan fingerprint density at radius 3 is 2.36 bits per heavy atom. The first-order valence-electron chi connectivity index (χ1n) is 9.06. The summed E-state index contributed by atoms with van der Waals surface area (Å²) in [7, 11) is 3.97. The first kappa shape index (κ1) is 17.5. The first-order chi connectivity index (χ1) is 12.1. The molecule has 6 heteroatoms. The minimum Gasteiger partial charge on any atom is -0.378 e. The van der Waals surface area contributed by atoms with E-state index < -0.39 is 0 Å². The molecule has 1 heterocycles. The van der Waals surface area contributed by atoms with Crippen LogP contribution >= 0.6 is 0 Å². The van der Waals surface area contributed by atoms with Gasteiger partial charge in [0.2, 0.25) is 5.82 Å². The molecule has 0 bridgehead atoms. The molecule has 2 aromatic rings. The molecule has 0 spiro atoms. The molecule has 1 saturated carbocycles. The van der Waals surface area contributed by atoms with Crippen LogP contribution in [0.2, 0.25) is 0 Å². The number of carbonyl (C=O) groups is 1. The summed E-state index contributed by atoms with van der Waals surface area (Å²) in [5.74, 6) is 0.205. The van der Waals surface area contributed by atoms with Crippen LogP contribution in [0.3, 0.4) is 0 Å². The van der Waals surface area contributed by atoms with Gasteiger partial charge in [-0.1, -0.05) is 37.3 Å². The number of rotatable bonds is 4. The summed E-state index contributed by atoms with van der Waals surface area (Å²) in [6, 6.07) is 8.04. The Hall–Kier alpha value is -2.37. The Kier molecular flexibility index (Phi) is 5.68. The maximum atomic E-state index is 12.4. The number of carbonyl (C=O) groups excluding carboxylic acids is 1. The molecule has 0 radical (unpaired) electrons. The lowest BCUT2D eigenvalue weighted by atomic mass is 9.97. The SMILES string of the molecule is CN(C)c1ccc(-c2noc(C(=O)NC3CCCCCCC3)n2)cc1. The molecule has 1 N–H and O–H groups in total. The van der Waals surface area contributed by atoms with Crippen LogP contribution in [0.1, 0.15) is 55.6 Å². The molecule has 1 aliphatic carbocycles. The largest absolute Gasteiger partial charge is 0.378 e. The van der Waals surface area contributed by atoms with Gasteiger partial charge in [-0.25, -0.2) is 0 Å². The Labute approximate surface area is 148 Å². The molecule has 1 amide bonds. The predicted octanol–water partition coefficient (Wildman–Crippen LogP) is 3.65. The van der Waals surface area contributed by atoms with Gasteiger partial charge in [-0.15, -0.1) is 0 Å². The van der Waals surface area contributed by atoms with E-state index in [4.69, 9.17) is 4.52 Å². The van der Waals surface area contributed by atoms with E-state index in [0.29, 0.717) is 5.82 Å². The van der Waals surface area contributed by atoms with Crippen molar-refractivity contribution in [1.82, 2.24) is 15.5 Å². The molecule has 1 fully saturated rings. The molecule has 1 aliphatic rings. The molecule has 6 nitrogen and oxygen atoms in total. The zero-order valence-electron chi connectivity index (χ0n) is 15.0. The summed E-state index contributed by atoms with van der Waals surface area (Å²) >= 11 is 0. The predicted molar refractivity (Wildman–Crippen MR) is 97.6 cm³/mol. The summed E-state index contributed by atoms with van der Waals surface area (Å²) in [6.07, 6.45) is 8.19. The number of benzene rings is 1. The highest BCUT2D eigenvalue weighted by Crippen LogP contribution is 2.21. The van der Waals surface area contributed by atoms with Crippen molar-refractivity contribution in [2.45, 2.75) is 51.0 Å². The van der Waals surface area contributed by atoms with Gasteiger partial charge in [-0.05, 0) is 37.1 Å². The van der Waals surface area contributed by atoms with Crippen molar-refractivity contribution in [3.05, 3.63) is 30.2 Å². The van der Waals surface area contributed by atoms with Crippen LogP contribution in [-0.4, -0.2) is 36.2 Å². The zero-order chi connectivity index (χ0) is 17.6. The number of nitrogens with zero attached hydrogens (tertiary/aromatic N) is 3. The van der Waals surface area contributed by atoms with Gasteiger partial charge in [0, 0.05) is 31.4 Å². The number of hydrogen-bond donors (Lipinski definition) is 1. The Morgan fingerprint density at radius 1 is 1.08 bits per heavy atom. The lowest BCUT2D eigenvalue weighted by molar-refractivity contribution is 0.0886. The van der Waals surface area contributed by atoms with E-state index in [1.807, 2.05) is 43.3 Å². The van der Waals surface area contributed by atoms with Gasteiger partial charge >= 0.3 is 11.8 Å².